The summed E-state index contributed by atoms with van der Waals surface area (Å²) in [5.74, 6) is 0. The van der Waals surface area contributed by atoms with Crippen LogP contribution in [0, 0.1) is 13.8 Å². The summed E-state index contributed by atoms with van der Waals surface area (Å²) in [4.78, 5) is 2.41. The fourth-order valence-electron chi connectivity index (χ4n) is 7.87. The van der Waals surface area contributed by atoms with Crippen LogP contribution in [0.1, 0.15) is 11.1 Å². The van der Waals surface area contributed by atoms with Gasteiger partial charge in [0, 0.05) is 33.3 Å². The van der Waals surface area contributed by atoms with Crippen molar-refractivity contribution in [1.82, 2.24) is 4.57 Å². The molecule has 0 saturated carbocycles. The van der Waals surface area contributed by atoms with Crippen LogP contribution < -0.4 is 4.90 Å². The predicted octanol–water partition coefficient (Wildman–Crippen LogP) is 13.9. The molecule has 8 aromatic carbocycles. The minimum absolute atomic E-state index is 1.09. The second kappa shape index (κ2) is 13.2. The van der Waals surface area contributed by atoms with Gasteiger partial charge in [0.05, 0.1) is 22.4 Å². The van der Waals surface area contributed by atoms with Crippen molar-refractivity contribution in [3.8, 4) is 39.1 Å². The van der Waals surface area contributed by atoms with Crippen LogP contribution in [0.5, 0.6) is 0 Å². The number of para-hydroxylation sites is 3. The Morgan fingerprint density at radius 2 is 0.942 bits per heavy atom. The third-order valence-corrected chi connectivity index (χ3v) is 10.3. The Morgan fingerprint density at radius 1 is 0.385 bits per heavy atom. The summed E-state index contributed by atoms with van der Waals surface area (Å²) in [6.45, 7) is 4.43. The first-order valence-electron chi connectivity index (χ1n) is 17.9. The van der Waals surface area contributed by atoms with Gasteiger partial charge in [-0.05, 0) is 89.7 Å². The maximum atomic E-state index is 2.47. The Bertz CT molecular complexity index is 2670. The van der Waals surface area contributed by atoms with Crippen molar-refractivity contribution in [2.45, 2.75) is 13.8 Å². The zero-order valence-corrected chi connectivity index (χ0v) is 29.4. The molecule has 2 heteroatoms. The van der Waals surface area contributed by atoms with E-state index >= 15 is 0 Å². The fraction of sp³-hybridized carbons (Fsp3) is 0.0400. The highest BCUT2D eigenvalue weighted by atomic mass is 15.1. The van der Waals surface area contributed by atoms with Crippen LogP contribution in [0.2, 0.25) is 0 Å². The van der Waals surface area contributed by atoms with Crippen LogP contribution >= 0.6 is 0 Å². The largest absolute Gasteiger partial charge is 0.310 e. The van der Waals surface area contributed by atoms with E-state index < -0.39 is 0 Å². The Balaban J connectivity index is 1.30. The van der Waals surface area contributed by atoms with Crippen LogP contribution in [-0.2, 0) is 0 Å². The number of hydrogen-bond acceptors (Lipinski definition) is 1. The zero-order chi connectivity index (χ0) is 35.0. The number of nitrogens with zero attached hydrogens (tertiary/aromatic N) is 2. The lowest BCUT2D eigenvalue weighted by molar-refractivity contribution is 1.17. The molecule has 0 spiro atoms. The highest BCUT2D eigenvalue weighted by Gasteiger charge is 2.21. The molecule has 0 radical (unpaired) electrons. The highest BCUT2D eigenvalue weighted by Crippen LogP contribution is 2.44. The normalized spacial score (nSPS) is 11.3. The Kier molecular flexibility index (Phi) is 7.98. The molecule has 0 amide bonds. The highest BCUT2D eigenvalue weighted by molar-refractivity contribution is 6.11. The molecule has 9 aromatic rings. The molecule has 0 unspecified atom stereocenters. The second-order valence-electron chi connectivity index (χ2n) is 13.5. The molecule has 0 aliphatic heterocycles. The number of anilines is 3. The molecule has 52 heavy (non-hydrogen) atoms. The van der Waals surface area contributed by atoms with Gasteiger partial charge in [-0.2, -0.15) is 0 Å². The lowest BCUT2D eigenvalue weighted by Gasteiger charge is -2.28. The van der Waals surface area contributed by atoms with E-state index in [1.54, 1.807) is 0 Å². The van der Waals surface area contributed by atoms with Gasteiger partial charge in [0.1, 0.15) is 0 Å². The summed E-state index contributed by atoms with van der Waals surface area (Å²) in [7, 11) is 0. The van der Waals surface area contributed by atoms with Gasteiger partial charge in [-0.25, -0.2) is 0 Å². The van der Waals surface area contributed by atoms with Crippen LogP contribution in [0.25, 0.3) is 60.9 Å². The third-order valence-electron chi connectivity index (χ3n) is 10.3. The van der Waals surface area contributed by atoms with Crippen molar-refractivity contribution in [3.63, 3.8) is 0 Å². The molecule has 0 bridgehead atoms. The van der Waals surface area contributed by atoms with Gasteiger partial charge in [-0.1, -0.05) is 152 Å². The zero-order valence-electron chi connectivity index (χ0n) is 29.4. The average Bonchev–Trinajstić information content (AvgIpc) is 3.53. The molecule has 0 saturated heterocycles. The van der Waals surface area contributed by atoms with E-state index in [-0.39, 0.29) is 0 Å². The standard InChI is InChI=1S/C50H38N2/c1-35-16-15-17-36(2)50(35)45-24-11-14-27-48(45)52-47-26-13-10-23-43(47)44-33-32-41(34-49(44)52)51(40-30-28-38(29-31-40)37-18-5-3-6-19-37)46-25-12-9-22-42(46)39-20-7-4-8-21-39/h3-34H,1-2H3. The van der Waals surface area contributed by atoms with E-state index in [0.29, 0.717) is 0 Å². The molecule has 0 aliphatic carbocycles. The molecule has 0 fully saturated rings. The van der Waals surface area contributed by atoms with E-state index in [0.717, 1.165) is 17.1 Å². The number of aryl methyl sites for hydroxylation is 2. The Labute approximate surface area is 305 Å². The predicted molar refractivity (Wildman–Crippen MR) is 221 cm³/mol. The van der Waals surface area contributed by atoms with Crippen molar-refractivity contribution in [2.75, 3.05) is 4.90 Å². The van der Waals surface area contributed by atoms with E-state index in [4.69, 9.17) is 0 Å². The van der Waals surface area contributed by atoms with Crippen LogP contribution in [0.4, 0.5) is 17.1 Å². The van der Waals surface area contributed by atoms with Gasteiger partial charge in [0.15, 0.2) is 0 Å². The molecule has 1 aromatic heterocycles. The number of hydrogen-bond donors (Lipinski definition) is 0. The first-order valence-corrected chi connectivity index (χ1v) is 17.9. The van der Waals surface area contributed by atoms with E-state index in [2.05, 4.69) is 217 Å². The average molecular weight is 667 g/mol. The Hall–Kier alpha value is -6.64. The molecule has 0 atom stereocenters. The fourth-order valence-corrected chi connectivity index (χ4v) is 7.87. The number of aromatic nitrogens is 1. The van der Waals surface area contributed by atoms with Gasteiger partial charge in [-0.15, -0.1) is 0 Å². The second-order valence-corrected chi connectivity index (χ2v) is 13.5. The quantitative estimate of drug-likeness (QED) is 0.164. The van der Waals surface area contributed by atoms with Crippen molar-refractivity contribution in [1.29, 1.82) is 0 Å². The van der Waals surface area contributed by atoms with Crippen molar-refractivity contribution in [3.05, 3.63) is 205 Å². The van der Waals surface area contributed by atoms with Gasteiger partial charge in [0.25, 0.3) is 0 Å². The summed E-state index contributed by atoms with van der Waals surface area (Å²) >= 11 is 0. The van der Waals surface area contributed by atoms with Gasteiger partial charge >= 0.3 is 0 Å². The molecule has 2 nitrogen and oxygen atoms in total. The molecule has 9 rings (SSSR count). The number of rotatable bonds is 7. The Morgan fingerprint density at radius 3 is 1.69 bits per heavy atom. The van der Waals surface area contributed by atoms with E-state index in [1.807, 2.05) is 0 Å². The molecule has 0 N–H and O–H groups in total. The van der Waals surface area contributed by atoms with Crippen LogP contribution in [-0.4, -0.2) is 4.57 Å². The van der Waals surface area contributed by atoms with E-state index in [1.165, 1.54) is 72.0 Å². The molecule has 0 aliphatic rings. The lowest BCUT2D eigenvalue weighted by Crippen LogP contribution is -2.11. The third kappa shape index (κ3) is 5.46. The van der Waals surface area contributed by atoms with Gasteiger partial charge < -0.3 is 9.47 Å². The maximum Gasteiger partial charge on any atom is 0.0562 e. The van der Waals surface area contributed by atoms with Crippen LogP contribution in [0.3, 0.4) is 0 Å². The van der Waals surface area contributed by atoms with E-state index in [9.17, 15) is 0 Å². The summed E-state index contributed by atoms with van der Waals surface area (Å²) in [6.07, 6.45) is 0. The van der Waals surface area contributed by atoms with Crippen molar-refractivity contribution in [2.24, 2.45) is 0 Å². The summed E-state index contributed by atoms with van der Waals surface area (Å²) < 4.78 is 2.47. The van der Waals surface area contributed by atoms with Gasteiger partial charge in [0.2, 0.25) is 0 Å². The summed E-state index contributed by atoms with van der Waals surface area (Å²) in [6, 6.07) is 70.2. The first kappa shape index (κ1) is 31.3. The van der Waals surface area contributed by atoms with Crippen molar-refractivity contribution < 1.29 is 0 Å². The molecular weight excluding hydrogens is 629 g/mol. The summed E-state index contributed by atoms with van der Waals surface area (Å²) in [5, 5.41) is 2.47. The minimum Gasteiger partial charge on any atom is -0.310 e. The van der Waals surface area contributed by atoms with Crippen molar-refractivity contribution >= 4 is 38.9 Å². The smallest absolute Gasteiger partial charge is 0.0562 e. The maximum absolute atomic E-state index is 2.47. The topological polar surface area (TPSA) is 8.17 Å². The monoisotopic (exact) mass is 666 g/mol. The summed E-state index contributed by atoms with van der Waals surface area (Å²) in [5.41, 5.74) is 16.7. The van der Waals surface area contributed by atoms with Gasteiger partial charge in [-0.3, -0.25) is 0 Å². The number of fused-ring (bicyclic) bond motifs is 3. The molecule has 248 valence electrons. The van der Waals surface area contributed by atoms with Crippen LogP contribution in [0.15, 0.2) is 194 Å². The minimum atomic E-state index is 1.09. The SMILES string of the molecule is Cc1cccc(C)c1-c1ccccc1-n1c2ccccc2c2ccc(N(c3ccc(-c4ccccc4)cc3)c3ccccc3-c3ccccc3)cc21. The molecule has 1 heterocycles. The molecular formula is C50H38N2. The lowest BCUT2D eigenvalue weighted by atomic mass is 9.94. The first-order chi connectivity index (χ1) is 25.7. The number of benzene rings is 8.